The van der Waals surface area contributed by atoms with Gasteiger partial charge in [0.15, 0.2) is 0 Å². The van der Waals surface area contributed by atoms with Crippen LogP contribution in [0.2, 0.25) is 0 Å². The van der Waals surface area contributed by atoms with E-state index in [2.05, 4.69) is 5.32 Å². The van der Waals surface area contributed by atoms with Crippen molar-refractivity contribution in [1.82, 2.24) is 5.32 Å². The van der Waals surface area contributed by atoms with E-state index in [-0.39, 0.29) is 13.3 Å². The molecule has 0 saturated carbocycles. The van der Waals surface area contributed by atoms with E-state index >= 15 is 0 Å². The van der Waals surface area contributed by atoms with Crippen LogP contribution in [0.15, 0.2) is 60.7 Å². The van der Waals surface area contributed by atoms with Crippen LogP contribution in [0.25, 0.3) is 0 Å². The average Bonchev–Trinajstić information content (AvgIpc) is 2.56. The lowest BCUT2D eigenvalue weighted by Gasteiger charge is -2.39. The maximum absolute atomic E-state index is 11.6. The van der Waals surface area contributed by atoms with E-state index in [0.29, 0.717) is 0 Å². The molecule has 0 radical (unpaired) electrons. The van der Waals surface area contributed by atoms with Crippen molar-refractivity contribution < 1.29 is 5.11 Å². The van der Waals surface area contributed by atoms with Crippen LogP contribution in [0.1, 0.15) is 31.4 Å². The Morgan fingerprint density at radius 2 is 1.24 bits per heavy atom. The second-order valence-electron chi connectivity index (χ2n) is 5.52. The Morgan fingerprint density at radius 1 is 0.810 bits per heavy atom. The van der Waals surface area contributed by atoms with Crippen LogP contribution in [-0.2, 0) is 5.60 Å². The van der Waals surface area contributed by atoms with Crippen LogP contribution in [0, 0.1) is 5.92 Å². The maximum Gasteiger partial charge on any atom is 0.117 e. The normalized spacial score (nSPS) is 16.2. The summed E-state index contributed by atoms with van der Waals surface area (Å²) < 4.78 is 0. The number of benzene rings is 2. The van der Waals surface area contributed by atoms with Gasteiger partial charge in [0, 0.05) is 0 Å². The molecule has 1 aliphatic heterocycles. The molecular weight excluding hydrogens is 258 g/mol. The monoisotopic (exact) mass is 283 g/mol. The molecule has 2 aromatic carbocycles. The summed E-state index contributed by atoms with van der Waals surface area (Å²) in [7, 11) is 0. The molecule has 2 aromatic rings. The molecule has 0 atom stereocenters. The molecule has 21 heavy (non-hydrogen) atoms. The zero-order chi connectivity index (χ0) is 13.8. The highest BCUT2D eigenvalue weighted by Crippen LogP contribution is 2.40. The van der Waals surface area contributed by atoms with Gasteiger partial charge in [-0.05, 0) is 43.0 Å². The van der Waals surface area contributed by atoms with Crippen LogP contribution in [-0.4, -0.2) is 18.2 Å². The van der Waals surface area contributed by atoms with Crippen molar-refractivity contribution in [3.05, 3.63) is 71.8 Å². The molecule has 1 fully saturated rings. The molecule has 1 aliphatic rings. The topological polar surface area (TPSA) is 32.3 Å². The van der Waals surface area contributed by atoms with Gasteiger partial charge in [-0.25, -0.2) is 0 Å². The third-order valence-electron chi connectivity index (χ3n) is 4.36. The summed E-state index contributed by atoms with van der Waals surface area (Å²) in [5, 5.41) is 14.9. The van der Waals surface area contributed by atoms with Gasteiger partial charge in [-0.3, -0.25) is 0 Å². The second kappa shape index (κ2) is 6.88. The van der Waals surface area contributed by atoms with Crippen LogP contribution in [0.4, 0.5) is 0 Å². The Bertz CT molecular complexity index is 493. The summed E-state index contributed by atoms with van der Waals surface area (Å²) in [6.45, 7) is 1.96. The predicted octanol–water partition coefficient (Wildman–Crippen LogP) is 3.56. The molecule has 2 N–H and O–H groups in total. The van der Waals surface area contributed by atoms with Gasteiger partial charge in [0.25, 0.3) is 0 Å². The maximum atomic E-state index is 11.6. The minimum atomic E-state index is -0.884. The van der Waals surface area contributed by atoms with Crippen molar-refractivity contribution in [1.29, 1.82) is 0 Å². The molecule has 0 aliphatic carbocycles. The minimum Gasteiger partial charge on any atom is -0.380 e. The van der Waals surface area contributed by atoms with Crippen LogP contribution < -0.4 is 5.32 Å². The van der Waals surface area contributed by atoms with Gasteiger partial charge in [0.2, 0.25) is 0 Å². The summed E-state index contributed by atoms with van der Waals surface area (Å²) >= 11 is 0. The molecule has 3 rings (SSSR count). The number of hydrogen-bond donors (Lipinski definition) is 2. The first kappa shape index (κ1) is 15.7. The lowest BCUT2D eigenvalue weighted by atomic mass is 9.72. The van der Waals surface area contributed by atoms with E-state index in [4.69, 9.17) is 0 Å². The molecule has 0 aromatic heterocycles. The fourth-order valence-corrected chi connectivity index (χ4v) is 3.26. The quantitative estimate of drug-likeness (QED) is 0.902. The fourth-order valence-electron chi connectivity index (χ4n) is 3.26. The van der Waals surface area contributed by atoms with Gasteiger partial charge in [-0.1, -0.05) is 68.1 Å². The fraction of sp³-hybridized carbons (Fsp3) is 0.368. The predicted molar refractivity (Wildman–Crippen MR) is 88.2 cm³/mol. The molecule has 2 heteroatoms. The van der Waals surface area contributed by atoms with Crippen molar-refractivity contribution in [3.63, 3.8) is 0 Å². The van der Waals surface area contributed by atoms with Gasteiger partial charge >= 0.3 is 0 Å². The molecule has 0 unspecified atom stereocenters. The number of nitrogens with one attached hydrogen (secondary N) is 1. The molecule has 1 heterocycles. The first-order valence-corrected chi connectivity index (χ1v) is 7.36. The number of aliphatic hydroxyl groups is 1. The first-order chi connectivity index (χ1) is 9.82. The largest absolute Gasteiger partial charge is 0.380 e. The third-order valence-corrected chi connectivity index (χ3v) is 4.36. The molecule has 0 spiro atoms. The van der Waals surface area contributed by atoms with E-state index in [9.17, 15) is 5.11 Å². The smallest absolute Gasteiger partial charge is 0.117 e. The van der Waals surface area contributed by atoms with Crippen LogP contribution in [0.5, 0.6) is 0 Å². The van der Waals surface area contributed by atoms with Gasteiger partial charge in [-0.2, -0.15) is 0 Å². The molecular formula is C19H25NO. The average molecular weight is 283 g/mol. The Balaban J connectivity index is 0.00000161. The summed E-state index contributed by atoms with van der Waals surface area (Å²) in [5.74, 6) is 0.258. The SMILES string of the molecule is C.OC(c1ccccc1)(c1ccccc1)C1CCNCC1. The number of rotatable bonds is 3. The molecule has 112 valence electrons. The van der Waals surface area contributed by atoms with Crippen molar-refractivity contribution in [2.24, 2.45) is 5.92 Å². The number of hydrogen-bond acceptors (Lipinski definition) is 2. The van der Waals surface area contributed by atoms with Crippen molar-refractivity contribution >= 4 is 0 Å². The van der Waals surface area contributed by atoms with Crippen LogP contribution >= 0.6 is 0 Å². The summed E-state index contributed by atoms with van der Waals surface area (Å²) in [4.78, 5) is 0. The molecule has 0 amide bonds. The molecule has 2 nitrogen and oxygen atoms in total. The van der Waals surface area contributed by atoms with E-state index in [1.54, 1.807) is 0 Å². The van der Waals surface area contributed by atoms with Crippen molar-refractivity contribution in [2.75, 3.05) is 13.1 Å². The minimum absolute atomic E-state index is 0. The Kier molecular flexibility index (Phi) is 5.16. The lowest BCUT2D eigenvalue weighted by molar-refractivity contribution is 0.00236. The van der Waals surface area contributed by atoms with Crippen LogP contribution in [0.3, 0.4) is 0 Å². The standard InChI is InChI=1S/C18H21NO.CH4/c20-18(15-7-3-1-4-8-15,16-9-5-2-6-10-16)17-11-13-19-14-12-17;/h1-10,17,19-20H,11-14H2;1H4. The van der Waals surface area contributed by atoms with Crippen molar-refractivity contribution in [2.45, 2.75) is 25.9 Å². The van der Waals surface area contributed by atoms with E-state index in [0.717, 1.165) is 37.1 Å². The Hall–Kier alpha value is -1.64. The first-order valence-electron chi connectivity index (χ1n) is 7.36. The van der Waals surface area contributed by atoms with Gasteiger partial charge < -0.3 is 10.4 Å². The molecule has 1 saturated heterocycles. The van der Waals surface area contributed by atoms with Crippen molar-refractivity contribution in [3.8, 4) is 0 Å². The highest BCUT2D eigenvalue weighted by Gasteiger charge is 2.40. The van der Waals surface area contributed by atoms with E-state index in [1.807, 2.05) is 60.7 Å². The van der Waals surface area contributed by atoms with Gasteiger partial charge in [0.1, 0.15) is 5.60 Å². The zero-order valence-corrected chi connectivity index (χ0v) is 11.6. The summed E-state index contributed by atoms with van der Waals surface area (Å²) in [5.41, 5.74) is 1.11. The highest BCUT2D eigenvalue weighted by atomic mass is 16.3. The van der Waals surface area contributed by atoms with E-state index < -0.39 is 5.60 Å². The second-order valence-corrected chi connectivity index (χ2v) is 5.52. The summed E-state index contributed by atoms with van der Waals surface area (Å²) in [6.07, 6.45) is 2.00. The molecule has 0 bridgehead atoms. The van der Waals surface area contributed by atoms with E-state index in [1.165, 1.54) is 0 Å². The Labute approximate surface area is 127 Å². The number of piperidine rings is 1. The zero-order valence-electron chi connectivity index (χ0n) is 11.6. The third kappa shape index (κ3) is 3.02. The lowest BCUT2D eigenvalue weighted by Crippen LogP contribution is -2.42. The van der Waals surface area contributed by atoms with Gasteiger partial charge in [0.05, 0.1) is 0 Å². The Morgan fingerprint density at radius 3 is 1.67 bits per heavy atom. The summed E-state index contributed by atoms with van der Waals surface area (Å²) in [6, 6.07) is 20.2. The van der Waals surface area contributed by atoms with Gasteiger partial charge in [-0.15, -0.1) is 0 Å². The highest BCUT2D eigenvalue weighted by molar-refractivity contribution is 5.37.